The van der Waals surface area contributed by atoms with Crippen LogP contribution in [0.2, 0.25) is 0 Å². The Morgan fingerprint density at radius 3 is 0.602 bits per heavy atom. The third-order valence-corrected chi connectivity index (χ3v) is 21.5. The lowest BCUT2D eigenvalue weighted by molar-refractivity contribution is -0.161. The maximum Gasteiger partial charge on any atom is 0.472 e. The number of unbranched alkanes of at least 4 members (excludes halogenated alkanes) is 47. The van der Waals surface area contributed by atoms with Crippen LogP contribution in [0, 0.1) is 23.7 Å². The highest BCUT2D eigenvalue weighted by atomic mass is 31.2. The number of phosphoric ester groups is 2. The number of aliphatic hydroxyl groups excluding tert-OH is 1. The molecular weight excluding hydrogens is 1340 g/mol. The molecule has 0 aliphatic rings. The predicted molar refractivity (Wildman–Crippen MR) is 423 cm³/mol. The van der Waals surface area contributed by atoms with Crippen molar-refractivity contribution in [1.29, 1.82) is 0 Å². The first kappa shape index (κ1) is 101. The summed E-state index contributed by atoms with van der Waals surface area (Å²) < 4.78 is 68.8. The van der Waals surface area contributed by atoms with Crippen LogP contribution in [0.5, 0.6) is 0 Å². The molecule has 0 aromatic heterocycles. The van der Waals surface area contributed by atoms with E-state index in [-0.39, 0.29) is 25.7 Å². The predicted octanol–water partition coefficient (Wildman–Crippen LogP) is 25.2. The second-order valence-corrected chi connectivity index (χ2v) is 35.0. The summed E-state index contributed by atoms with van der Waals surface area (Å²) in [6.07, 6.45) is 61.2. The summed E-state index contributed by atoms with van der Waals surface area (Å²) in [5.74, 6) is 0.978. The molecule has 5 atom stereocenters. The van der Waals surface area contributed by atoms with Gasteiger partial charge in [0.1, 0.15) is 19.3 Å². The quantitative estimate of drug-likeness (QED) is 0.0222. The molecule has 0 aliphatic heterocycles. The van der Waals surface area contributed by atoms with Crippen LogP contribution in [-0.2, 0) is 65.4 Å². The molecule has 0 heterocycles. The molecule has 0 bridgehead atoms. The molecule has 0 aliphatic carbocycles. The third kappa shape index (κ3) is 78.0. The van der Waals surface area contributed by atoms with E-state index < -0.39 is 97.5 Å². The minimum absolute atomic E-state index is 0.106. The van der Waals surface area contributed by atoms with Crippen LogP contribution in [0.1, 0.15) is 434 Å². The maximum absolute atomic E-state index is 13.1. The Morgan fingerprint density at radius 2 is 0.408 bits per heavy atom. The van der Waals surface area contributed by atoms with Crippen molar-refractivity contribution < 1.29 is 80.2 Å². The number of rotatable bonds is 81. The number of esters is 4. The van der Waals surface area contributed by atoms with Crippen molar-refractivity contribution in [2.45, 2.75) is 453 Å². The first-order valence-corrected chi connectivity index (χ1v) is 46.2. The van der Waals surface area contributed by atoms with Gasteiger partial charge < -0.3 is 33.8 Å². The number of phosphoric acid groups is 2. The molecule has 0 saturated heterocycles. The van der Waals surface area contributed by atoms with Gasteiger partial charge in [-0.2, -0.15) is 0 Å². The molecular formula is C84H164O17P2. The molecule has 103 heavy (non-hydrogen) atoms. The second-order valence-electron chi connectivity index (χ2n) is 32.1. The van der Waals surface area contributed by atoms with Gasteiger partial charge >= 0.3 is 39.5 Å². The van der Waals surface area contributed by atoms with Crippen LogP contribution in [0.3, 0.4) is 0 Å². The summed E-state index contributed by atoms with van der Waals surface area (Å²) in [6.45, 7) is 14.3. The van der Waals surface area contributed by atoms with Gasteiger partial charge in [0.15, 0.2) is 12.2 Å². The topological polar surface area (TPSA) is 237 Å². The molecule has 612 valence electrons. The summed E-state index contributed by atoms with van der Waals surface area (Å²) in [6, 6.07) is 0. The fourth-order valence-electron chi connectivity index (χ4n) is 13.0. The van der Waals surface area contributed by atoms with Crippen molar-refractivity contribution in [3.63, 3.8) is 0 Å². The van der Waals surface area contributed by atoms with Gasteiger partial charge in [-0.05, 0) is 49.4 Å². The first-order valence-electron chi connectivity index (χ1n) is 43.2. The zero-order chi connectivity index (χ0) is 76.0. The van der Waals surface area contributed by atoms with Gasteiger partial charge in [0.05, 0.1) is 26.4 Å². The minimum atomic E-state index is -4.96. The van der Waals surface area contributed by atoms with E-state index in [9.17, 15) is 43.2 Å². The SMILES string of the molecule is CC(C)CCCCCCCCCCCCCCCCCCC(=O)O[C@H](COC(=O)CCCCCCCCCCCCCCCCCC(C)C)COP(=O)(O)OCC(O)COP(=O)(O)OC[C@@H](COC(=O)CCCCCCCCC(C)C)OC(=O)CCCCCCCCCCCCCCCCC(C)C. The largest absolute Gasteiger partial charge is 0.472 e. The van der Waals surface area contributed by atoms with Crippen molar-refractivity contribution in [1.82, 2.24) is 0 Å². The summed E-state index contributed by atoms with van der Waals surface area (Å²) >= 11 is 0. The van der Waals surface area contributed by atoms with E-state index in [0.29, 0.717) is 31.6 Å². The average Bonchev–Trinajstić information content (AvgIpc) is 0.928. The zero-order valence-corrected chi connectivity index (χ0v) is 69.7. The van der Waals surface area contributed by atoms with Crippen molar-refractivity contribution in [2.24, 2.45) is 23.7 Å². The van der Waals surface area contributed by atoms with Crippen LogP contribution in [-0.4, -0.2) is 96.7 Å². The molecule has 0 amide bonds. The molecule has 0 saturated carbocycles. The molecule has 3 unspecified atom stereocenters. The lowest BCUT2D eigenvalue weighted by atomic mass is 10.0. The standard InChI is InChI=1S/C84H164O17P2/c1-74(2)60-52-44-36-30-24-18-12-9-10-14-22-28-34-40-50-58-66-83(88)100-79(70-94-81(86)64-56-48-39-33-27-21-15-11-13-19-25-31-37-45-53-61-75(3)4)72-98-102(90,91)96-68-78(85)69-97-103(92,93)99-73-80(71-95-82(87)65-57-49-43-42-47-55-63-77(7)8)101-84(89)67-59-51-41-35-29-23-17-16-20-26-32-38-46-54-62-76(5)6/h74-80,85H,9-73H2,1-8H3,(H,90,91)(H,92,93)/t78?,79-,80-/m1/s1. The average molecular weight is 1510 g/mol. The van der Waals surface area contributed by atoms with E-state index >= 15 is 0 Å². The van der Waals surface area contributed by atoms with Crippen LogP contribution in [0.15, 0.2) is 0 Å². The number of carbonyl (C=O) groups excluding carboxylic acids is 4. The minimum Gasteiger partial charge on any atom is -0.462 e. The van der Waals surface area contributed by atoms with Crippen molar-refractivity contribution in [2.75, 3.05) is 39.6 Å². The normalized spacial score (nSPS) is 14.0. The summed E-state index contributed by atoms with van der Waals surface area (Å²) in [4.78, 5) is 73.1. The van der Waals surface area contributed by atoms with Gasteiger partial charge in [-0.1, -0.05) is 383 Å². The van der Waals surface area contributed by atoms with Crippen molar-refractivity contribution in [3.05, 3.63) is 0 Å². The fraction of sp³-hybridized carbons (Fsp3) is 0.952. The Labute approximate surface area is 632 Å². The Kier molecular flexibility index (Phi) is 71.5. The molecule has 17 nitrogen and oxygen atoms in total. The summed E-state index contributed by atoms with van der Waals surface area (Å²) in [5, 5.41) is 10.7. The van der Waals surface area contributed by atoms with Crippen LogP contribution in [0.4, 0.5) is 0 Å². The highest BCUT2D eigenvalue weighted by molar-refractivity contribution is 7.47. The van der Waals surface area contributed by atoms with Crippen LogP contribution >= 0.6 is 15.6 Å². The van der Waals surface area contributed by atoms with Crippen LogP contribution < -0.4 is 0 Å². The maximum atomic E-state index is 13.1. The van der Waals surface area contributed by atoms with Gasteiger partial charge in [-0.25, -0.2) is 9.13 Å². The number of carbonyl (C=O) groups is 4. The van der Waals surface area contributed by atoms with E-state index in [1.807, 2.05) is 0 Å². The summed E-state index contributed by atoms with van der Waals surface area (Å²) in [7, 11) is -9.93. The van der Waals surface area contributed by atoms with E-state index in [1.165, 1.54) is 231 Å². The smallest absolute Gasteiger partial charge is 0.462 e. The molecule has 19 heteroatoms. The Balaban J connectivity index is 5.22. The van der Waals surface area contributed by atoms with E-state index in [2.05, 4.69) is 55.4 Å². The Bertz CT molecular complexity index is 2010. The van der Waals surface area contributed by atoms with Gasteiger partial charge in [-0.3, -0.25) is 37.3 Å². The molecule has 0 spiro atoms. The van der Waals surface area contributed by atoms with Gasteiger partial charge in [0.2, 0.25) is 0 Å². The monoisotopic (exact) mass is 1510 g/mol. The Hall–Kier alpha value is -1.94. The molecule has 3 N–H and O–H groups in total. The molecule has 0 aromatic carbocycles. The van der Waals surface area contributed by atoms with E-state index in [0.717, 1.165) is 114 Å². The van der Waals surface area contributed by atoms with Gasteiger partial charge in [-0.15, -0.1) is 0 Å². The van der Waals surface area contributed by atoms with E-state index in [4.69, 9.17) is 37.0 Å². The van der Waals surface area contributed by atoms with Crippen LogP contribution in [0.25, 0.3) is 0 Å². The van der Waals surface area contributed by atoms with Crippen molar-refractivity contribution in [3.8, 4) is 0 Å². The molecule has 0 rings (SSSR count). The third-order valence-electron chi connectivity index (χ3n) is 19.6. The van der Waals surface area contributed by atoms with E-state index in [1.54, 1.807) is 0 Å². The van der Waals surface area contributed by atoms with Gasteiger partial charge in [0, 0.05) is 25.7 Å². The number of hydrogen-bond acceptors (Lipinski definition) is 15. The Morgan fingerprint density at radius 1 is 0.243 bits per heavy atom. The zero-order valence-electron chi connectivity index (χ0n) is 68.0. The summed E-state index contributed by atoms with van der Waals surface area (Å²) in [5.41, 5.74) is 0. The molecule has 0 fully saturated rings. The van der Waals surface area contributed by atoms with Gasteiger partial charge in [0.25, 0.3) is 0 Å². The van der Waals surface area contributed by atoms with Crippen molar-refractivity contribution >= 4 is 39.5 Å². The number of aliphatic hydroxyl groups is 1. The lowest BCUT2D eigenvalue weighted by Gasteiger charge is -2.21. The highest BCUT2D eigenvalue weighted by Gasteiger charge is 2.30. The second kappa shape index (κ2) is 72.9. The number of hydrogen-bond donors (Lipinski definition) is 3. The molecule has 0 radical (unpaired) electrons. The lowest BCUT2D eigenvalue weighted by Crippen LogP contribution is -2.30. The molecule has 0 aromatic rings. The number of ether oxygens (including phenoxy) is 4. The highest BCUT2D eigenvalue weighted by Crippen LogP contribution is 2.45. The first-order chi connectivity index (χ1) is 49.6. The fourth-order valence-corrected chi connectivity index (χ4v) is 14.5.